The van der Waals surface area contributed by atoms with Gasteiger partial charge in [0.15, 0.2) is 0 Å². The number of halogens is 1. The monoisotopic (exact) mass is 167 g/mol. The topological polar surface area (TPSA) is 23.9 Å². The highest BCUT2D eigenvalue weighted by Crippen LogP contribution is 2.20. The molecule has 0 spiro atoms. The smallest absolute Gasteiger partial charge is 0.0441 e. The second kappa shape index (κ2) is 3.05. The summed E-state index contributed by atoms with van der Waals surface area (Å²) in [4.78, 5) is 0. The minimum Gasteiger partial charge on any atom is -0.308 e. The maximum Gasteiger partial charge on any atom is 0.0441 e. The fourth-order valence-corrected chi connectivity index (χ4v) is 1.22. The second-order valence-electron chi connectivity index (χ2n) is 2.55. The van der Waals surface area contributed by atoms with Crippen LogP contribution in [0.5, 0.6) is 0 Å². The molecule has 0 bridgehead atoms. The van der Waals surface area contributed by atoms with Crippen molar-refractivity contribution in [1.82, 2.24) is 0 Å². The Morgan fingerprint density at radius 1 is 1.36 bits per heavy atom. The second-order valence-corrected chi connectivity index (χ2v) is 2.95. The summed E-state index contributed by atoms with van der Waals surface area (Å²) in [5.74, 6) is 0. The van der Waals surface area contributed by atoms with Crippen LogP contribution in [0.1, 0.15) is 16.7 Å². The molecule has 0 saturated heterocycles. The van der Waals surface area contributed by atoms with Gasteiger partial charge in [-0.15, -0.1) is 0 Å². The van der Waals surface area contributed by atoms with Crippen molar-refractivity contribution in [2.45, 2.75) is 13.8 Å². The first kappa shape index (κ1) is 8.28. The minimum atomic E-state index is 0.731. The Balaban J connectivity index is 3.40. The zero-order chi connectivity index (χ0) is 8.43. The summed E-state index contributed by atoms with van der Waals surface area (Å²) in [5.41, 5.74) is 3.01. The molecule has 0 saturated carbocycles. The molecular formula is C9H10ClN. The molecule has 1 nitrogen and oxygen atoms in total. The summed E-state index contributed by atoms with van der Waals surface area (Å²) >= 11 is 5.86. The summed E-state index contributed by atoms with van der Waals surface area (Å²) in [6, 6.07) is 3.79. The van der Waals surface area contributed by atoms with E-state index in [0.717, 1.165) is 21.7 Å². The highest BCUT2D eigenvalue weighted by Gasteiger charge is 2.01. The van der Waals surface area contributed by atoms with Crippen LogP contribution >= 0.6 is 11.6 Å². The molecule has 0 fully saturated rings. The van der Waals surface area contributed by atoms with Gasteiger partial charge in [-0.1, -0.05) is 17.7 Å². The highest BCUT2D eigenvalue weighted by molar-refractivity contribution is 6.31. The van der Waals surface area contributed by atoms with Gasteiger partial charge in [-0.3, -0.25) is 0 Å². The average molecular weight is 168 g/mol. The molecule has 0 radical (unpaired) electrons. The Bertz CT molecular complexity index is 292. The van der Waals surface area contributed by atoms with Crippen LogP contribution in [-0.2, 0) is 0 Å². The molecule has 0 amide bonds. The van der Waals surface area contributed by atoms with Crippen molar-refractivity contribution < 1.29 is 0 Å². The van der Waals surface area contributed by atoms with Gasteiger partial charge in [0.1, 0.15) is 0 Å². The third-order valence-corrected chi connectivity index (χ3v) is 2.22. The van der Waals surface area contributed by atoms with Crippen molar-refractivity contribution in [2.75, 3.05) is 0 Å². The molecule has 11 heavy (non-hydrogen) atoms. The molecule has 0 heterocycles. The summed E-state index contributed by atoms with van der Waals surface area (Å²) in [6.45, 7) is 3.90. The number of aryl methyl sites for hydroxylation is 1. The van der Waals surface area contributed by atoms with Gasteiger partial charge in [-0.2, -0.15) is 0 Å². The number of nitrogens with one attached hydrogen (secondary N) is 1. The van der Waals surface area contributed by atoms with E-state index in [-0.39, 0.29) is 0 Å². The zero-order valence-corrected chi connectivity index (χ0v) is 7.37. The lowest BCUT2D eigenvalue weighted by Gasteiger charge is -2.04. The Hall–Kier alpha value is -0.820. The molecule has 0 unspecified atom stereocenters. The van der Waals surface area contributed by atoms with Crippen molar-refractivity contribution in [1.29, 1.82) is 5.41 Å². The third-order valence-electron chi connectivity index (χ3n) is 1.81. The van der Waals surface area contributed by atoms with Gasteiger partial charge < -0.3 is 5.41 Å². The predicted molar refractivity (Wildman–Crippen MR) is 48.8 cm³/mol. The summed E-state index contributed by atoms with van der Waals surface area (Å²) in [6.07, 6.45) is 1.34. The summed E-state index contributed by atoms with van der Waals surface area (Å²) < 4.78 is 0. The van der Waals surface area contributed by atoms with Gasteiger partial charge in [0.25, 0.3) is 0 Å². The molecule has 1 rings (SSSR count). The molecule has 1 aromatic carbocycles. The Labute approximate surface area is 71.5 Å². The number of hydrogen-bond acceptors (Lipinski definition) is 1. The number of hydrogen-bond donors (Lipinski definition) is 1. The fourth-order valence-electron chi connectivity index (χ4n) is 1.06. The summed E-state index contributed by atoms with van der Waals surface area (Å²) in [5, 5.41) is 7.87. The van der Waals surface area contributed by atoms with Crippen molar-refractivity contribution in [3.63, 3.8) is 0 Å². The largest absolute Gasteiger partial charge is 0.308 e. The van der Waals surface area contributed by atoms with Crippen LogP contribution in [-0.4, -0.2) is 6.21 Å². The van der Waals surface area contributed by atoms with Crippen LogP contribution < -0.4 is 0 Å². The first-order valence-electron chi connectivity index (χ1n) is 3.43. The lowest BCUT2D eigenvalue weighted by atomic mass is 10.0. The Morgan fingerprint density at radius 2 is 2.00 bits per heavy atom. The van der Waals surface area contributed by atoms with Gasteiger partial charge in [0.2, 0.25) is 0 Å². The van der Waals surface area contributed by atoms with E-state index in [1.54, 1.807) is 0 Å². The van der Waals surface area contributed by atoms with Crippen LogP contribution in [0, 0.1) is 19.3 Å². The molecule has 58 valence electrons. The standard InChI is InChI=1S/C9H10ClN/c1-6-3-4-9(10)7(2)8(6)5-11/h3-5,11H,1-2H3. The van der Waals surface area contributed by atoms with Crippen LogP contribution in [0.2, 0.25) is 5.02 Å². The molecule has 0 atom stereocenters. The first-order valence-corrected chi connectivity index (χ1v) is 3.80. The maximum absolute atomic E-state index is 7.14. The van der Waals surface area contributed by atoms with E-state index in [4.69, 9.17) is 17.0 Å². The van der Waals surface area contributed by atoms with Crippen LogP contribution in [0.4, 0.5) is 0 Å². The van der Waals surface area contributed by atoms with Crippen molar-refractivity contribution in [3.8, 4) is 0 Å². The van der Waals surface area contributed by atoms with E-state index in [9.17, 15) is 0 Å². The maximum atomic E-state index is 7.14. The van der Waals surface area contributed by atoms with Gasteiger partial charge in [0.05, 0.1) is 0 Å². The molecule has 0 aromatic heterocycles. The predicted octanol–water partition coefficient (Wildman–Crippen LogP) is 2.95. The highest BCUT2D eigenvalue weighted by atomic mass is 35.5. The average Bonchev–Trinajstić information content (AvgIpc) is 1.99. The normalized spacial score (nSPS) is 9.73. The summed E-state index contributed by atoms with van der Waals surface area (Å²) in [7, 11) is 0. The molecule has 0 aliphatic heterocycles. The van der Waals surface area contributed by atoms with Crippen molar-refractivity contribution in [3.05, 3.63) is 33.8 Å². The quantitative estimate of drug-likeness (QED) is 0.622. The number of benzene rings is 1. The Kier molecular flexibility index (Phi) is 2.30. The number of rotatable bonds is 1. The van der Waals surface area contributed by atoms with Gasteiger partial charge >= 0.3 is 0 Å². The lowest BCUT2D eigenvalue weighted by molar-refractivity contribution is 1.35. The fraction of sp³-hybridized carbons (Fsp3) is 0.222. The molecule has 2 heteroatoms. The van der Waals surface area contributed by atoms with Gasteiger partial charge in [-0.05, 0) is 36.6 Å². The van der Waals surface area contributed by atoms with E-state index in [0.29, 0.717) is 0 Å². The third kappa shape index (κ3) is 1.43. The van der Waals surface area contributed by atoms with Crippen molar-refractivity contribution in [2.24, 2.45) is 0 Å². The molecule has 1 aromatic rings. The molecule has 0 aliphatic carbocycles. The SMILES string of the molecule is Cc1ccc(Cl)c(C)c1C=N. The van der Waals surface area contributed by atoms with Gasteiger partial charge in [0, 0.05) is 11.2 Å². The van der Waals surface area contributed by atoms with Crippen LogP contribution in [0.25, 0.3) is 0 Å². The zero-order valence-electron chi connectivity index (χ0n) is 6.61. The van der Waals surface area contributed by atoms with Crippen LogP contribution in [0.3, 0.4) is 0 Å². The molecule has 0 aliphatic rings. The van der Waals surface area contributed by atoms with E-state index in [1.165, 1.54) is 6.21 Å². The molecule has 1 N–H and O–H groups in total. The molecular weight excluding hydrogens is 158 g/mol. The van der Waals surface area contributed by atoms with E-state index < -0.39 is 0 Å². The van der Waals surface area contributed by atoms with E-state index >= 15 is 0 Å². The van der Waals surface area contributed by atoms with E-state index in [2.05, 4.69) is 0 Å². The first-order chi connectivity index (χ1) is 5.16. The minimum absolute atomic E-state index is 0.731. The van der Waals surface area contributed by atoms with Crippen LogP contribution in [0.15, 0.2) is 12.1 Å². The van der Waals surface area contributed by atoms with E-state index in [1.807, 2.05) is 26.0 Å². The van der Waals surface area contributed by atoms with Crippen molar-refractivity contribution >= 4 is 17.8 Å². The lowest BCUT2D eigenvalue weighted by Crippen LogP contribution is -1.91. The van der Waals surface area contributed by atoms with Gasteiger partial charge in [-0.25, -0.2) is 0 Å². The Morgan fingerprint density at radius 3 is 2.45 bits per heavy atom.